The molecule has 2 rings (SSSR count). The summed E-state index contributed by atoms with van der Waals surface area (Å²) in [5, 5.41) is 23.0. The van der Waals surface area contributed by atoms with E-state index >= 15 is 0 Å². The molecule has 1 aromatic carbocycles. The molecule has 0 unspecified atom stereocenters. The highest BCUT2D eigenvalue weighted by atomic mass is 35.5. The van der Waals surface area contributed by atoms with Gasteiger partial charge in [0.1, 0.15) is 5.69 Å². The molecule has 0 aliphatic rings. The van der Waals surface area contributed by atoms with Crippen molar-refractivity contribution in [2.24, 2.45) is 0 Å². The van der Waals surface area contributed by atoms with Crippen LogP contribution in [0.5, 0.6) is 0 Å². The topological polar surface area (TPSA) is 113 Å². The highest BCUT2D eigenvalue weighted by Crippen LogP contribution is 2.30. The van der Waals surface area contributed by atoms with Crippen LogP contribution in [0.1, 0.15) is 16.1 Å². The molecule has 1 aromatic heterocycles. The predicted octanol–water partition coefficient (Wildman–Crippen LogP) is 2.12. The fraction of sp³-hybridized carbons (Fsp3) is 0.231. The number of aryl methyl sites for hydroxylation is 1. The summed E-state index contributed by atoms with van der Waals surface area (Å²) in [6.07, 6.45) is 1.49. The Hall–Kier alpha value is -2.61. The summed E-state index contributed by atoms with van der Waals surface area (Å²) in [5.74, 6) is -0.259. The van der Waals surface area contributed by atoms with Gasteiger partial charge in [0.15, 0.2) is 0 Å². The van der Waals surface area contributed by atoms with Crippen LogP contribution in [0.2, 0.25) is 5.02 Å². The molecule has 1 heterocycles. The van der Waals surface area contributed by atoms with Gasteiger partial charge in [-0.2, -0.15) is 5.10 Å². The summed E-state index contributed by atoms with van der Waals surface area (Å²) in [6, 6.07) is 4.30. The number of aromatic amines is 1. The molecular weight excluding hydrogens is 310 g/mol. The van der Waals surface area contributed by atoms with E-state index in [1.54, 1.807) is 13.0 Å². The molecule has 9 heteroatoms. The standard InChI is InChI=1S/C13H14ClN5O3/c1-8-6-9(19(21)22)7-10(14)12(8)15-4-5-16-13(20)11-2-3-17-18-11/h2-3,6-7,15H,4-5H2,1H3,(H,16,20)(H,17,18). The Labute approximate surface area is 131 Å². The molecule has 8 nitrogen and oxygen atoms in total. The summed E-state index contributed by atoms with van der Waals surface area (Å²) in [7, 11) is 0. The third kappa shape index (κ3) is 3.73. The van der Waals surface area contributed by atoms with Crippen LogP contribution < -0.4 is 10.6 Å². The number of anilines is 1. The van der Waals surface area contributed by atoms with Gasteiger partial charge in [0.25, 0.3) is 11.6 Å². The Balaban J connectivity index is 1.89. The van der Waals surface area contributed by atoms with Crippen molar-refractivity contribution < 1.29 is 9.72 Å². The first-order valence-corrected chi connectivity index (χ1v) is 6.83. The van der Waals surface area contributed by atoms with Gasteiger partial charge in [-0.25, -0.2) is 0 Å². The fourth-order valence-electron chi connectivity index (χ4n) is 1.90. The Morgan fingerprint density at radius 3 is 2.82 bits per heavy atom. The monoisotopic (exact) mass is 323 g/mol. The number of halogens is 1. The maximum Gasteiger partial charge on any atom is 0.271 e. The number of nitrogens with zero attached hydrogens (tertiary/aromatic N) is 2. The molecule has 0 saturated carbocycles. The van der Waals surface area contributed by atoms with E-state index in [1.165, 1.54) is 18.3 Å². The minimum Gasteiger partial charge on any atom is -0.382 e. The number of benzene rings is 1. The van der Waals surface area contributed by atoms with E-state index in [-0.39, 0.29) is 16.6 Å². The van der Waals surface area contributed by atoms with Crippen molar-refractivity contribution in [3.05, 3.63) is 50.8 Å². The van der Waals surface area contributed by atoms with Gasteiger partial charge in [-0.15, -0.1) is 0 Å². The second-order valence-electron chi connectivity index (χ2n) is 4.53. The lowest BCUT2D eigenvalue weighted by atomic mass is 10.1. The molecule has 0 saturated heterocycles. The summed E-state index contributed by atoms with van der Waals surface area (Å²) in [5.41, 5.74) is 1.60. The number of aromatic nitrogens is 2. The molecule has 0 bridgehead atoms. The molecule has 1 amide bonds. The second-order valence-corrected chi connectivity index (χ2v) is 4.94. The Bertz CT molecular complexity index is 664. The van der Waals surface area contributed by atoms with Crippen LogP contribution in [0.15, 0.2) is 24.4 Å². The number of rotatable bonds is 6. The zero-order valence-corrected chi connectivity index (χ0v) is 12.5. The summed E-state index contributed by atoms with van der Waals surface area (Å²) in [6.45, 7) is 2.52. The van der Waals surface area contributed by atoms with Gasteiger partial charge in [0.2, 0.25) is 0 Å². The highest BCUT2D eigenvalue weighted by molar-refractivity contribution is 6.33. The van der Waals surface area contributed by atoms with Crippen LogP contribution in [0.3, 0.4) is 0 Å². The highest BCUT2D eigenvalue weighted by Gasteiger charge is 2.13. The number of hydrogen-bond donors (Lipinski definition) is 3. The van der Waals surface area contributed by atoms with Crippen LogP contribution in [-0.4, -0.2) is 34.1 Å². The maximum absolute atomic E-state index is 11.7. The molecule has 116 valence electrons. The first-order valence-electron chi connectivity index (χ1n) is 6.45. The van der Waals surface area contributed by atoms with Crippen molar-refractivity contribution in [2.75, 3.05) is 18.4 Å². The van der Waals surface area contributed by atoms with Gasteiger partial charge in [-0.1, -0.05) is 11.6 Å². The predicted molar refractivity (Wildman–Crippen MR) is 82.3 cm³/mol. The van der Waals surface area contributed by atoms with E-state index in [0.29, 0.717) is 30.0 Å². The van der Waals surface area contributed by atoms with Crippen molar-refractivity contribution in [3.8, 4) is 0 Å². The molecule has 0 spiro atoms. The molecule has 0 aliphatic heterocycles. The van der Waals surface area contributed by atoms with E-state index in [1.807, 2.05) is 0 Å². The van der Waals surface area contributed by atoms with Crippen LogP contribution in [0, 0.1) is 17.0 Å². The lowest BCUT2D eigenvalue weighted by molar-refractivity contribution is -0.384. The Morgan fingerprint density at radius 1 is 1.45 bits per heavy atom. The average molecular weight is 324 g/mol. The molecule has 22 heavy (non-hydrogen) atoms. The largest absolute Gasteiger partial charge is 0.382 e. The van der Waals surface area contributed by atoms with Crippen molar-refractivity contribution in [1.82, 2.24) is 15.5 Å². The number of carbonyl (C=O) groups is 1. The number of amides is 1. The first kappa shape index (κ1) is 15.8. The molecule has 0 radical (unpaired) electrons. The molecule has 0 fully saturated rings. The number of nitrogens with one attached hydrogen (secondary N) is 3. The van der Waals surface area contributed by atoms with E-state index in [9.17, 15) is 14.9 Å². The van der Waals surface area contributed by atoms with Crippen LogP contribution in [0.25, 0.3) is 0 Å². The minimum absolute atomic E-state index is 0.0550. The van der Waals surface area contributed by atoms with Crippen molar-refractivity contribution >= 4 is 28.9 Å². The van der Waals surface area contributed by atoms with Crippen molar-refractivity contribution in [3.63, 3.8) is 0 Å². The Kier molecular flexibility index (Phi) is 4.95. The number of non-ortho nitro benzene ring substituents is 1. The molecule has 2 aromatic rings. The number of H-pyrrole nitrogens is 1. The van der Waals surface area contributed by atoms with Gasteiger partial charge in [0.05, 0.1) is 15.6 Å². The van der Waals surface area contributed by atoms with Crippen molar-refractivity contribution in [2.45, 2.75) is 6.92 Å². The SMILES string of the molecule is Cc1cc([N+](=O)[O-])cc(Cl)c1NCCNC(=O)c1ccn[nH]1. The van der Waals surface area contributed by atoms with Crippen LogP contribution in [-0.2, 0) is 0 Å². The van der Waals surface area contributed by atoms with E-state index < -0.39 is 4.92 Å². The molecule has 3 N–H and O–H groups in total. The number of nitro groups is 1. The first-order chi connectivity index (χ1) is 10.5. The quantitative estimate of drug-likeness (QED) is 0.428. The van der Waals surface area contributed by atoms with E-state index in [0.717, 1.165) is 0 Å². The summed E-state index contributed by atoms with van der Waals surface area (Å²) < 4.78 is 0. The van der Waals surface area contributed by atoms with Gasteiger partial charge in [-0.3, -0.25) is 20.0 Å². The second kappa shape index (κ2) is 6.90. The normalized spacial score (nSPS) is 10.3. The van der Waals surface area contributed by atoms with Gasteiger partial charge < -0.3 is 10.6 Å². The van der Waals surface area contributed by atoms with Crippen LogP contribution in [0.4, 0.5) is 11.4 Å². The zero-order chi connectivity index (χ0) is 16.1. The van der Waals surface area contributed by atoms with Gasteiger partial charge in [-0.05, 0) is 18.6 Å². The molecule has 0 atom stereocenters. The van der Waals surface area contributed by atoms with E-state index in [4.69, 9.17) is 11.6 Å². The van der Waals surface area contributed by atoms with Gasteiger partial charge in [0, 0.05) is 31.4 Å². The van der Waals surface area contributed by atoms with E-state index in [2.05, 4.69) is 20.8 Å². The fourth-order valence-corrected chi connectivity index (χ4v) is 2.22. The summed E-state index contributed by atoms with van der Waals surface area (Å²) >= 11 is 6.03. The minimum atomic E-state index is -0.493. The third-order valence-corrected chi connectivity index (χ3v) is 3.24. The van der Waals surface area contributed by atoms with Gasteiger partial charge >= 0.3 is 0 Å². The summed E-state index contributed by atoms with van der Waals surface area (Å²) in [4.78, 5) is 21.9. The number of hydrogen-bond acceptors (Lipinski definition) is 5. The third-order valence-electron chi connectivity index (χ3n) is 2.94. The maximum atomic E-state index is 11.7. The Morgan fingerprint density at radius 2 is 2.23 bits per heavy atom. The van der Waals surface area contributed by atoms with Crippen LogP contribution >= 0.6 is 11.6 Å². The lowest BCUT2D eigenvalue weighted by Gasteiger charge is -2.11. The zero-order valence-electron chi connectivity index (χ0n) is 11.7. The number of carbonyl (C=O) groups excluding carboxylic acids is 1. The number of nitro benzene ring substituents is 1. The molecule has 0 aliphatic carbocycles. The molecular formula is C13H14ClN5O3. The smallest absolute Gasteiger partial charge is 0.271 e. The lowest BCUT2D eigenvalue weighted by Crippen LogP contribution is -2.29. The van der Waals surface area contributed by atoms with Crippen molar-refractivity contribution in [1.29, 1.82) is 0 Å². The average Bonchev–Trinajstić information content (AvgIpc) is 2.99.